The monoisotopic (exact) mass is 359 g/mol. The number of nitrogens with zero attached hydrogens (tertiary/aromatic N) is 1. The molecule has 25 heavy (non-hydrogen) atoms. The maximum absolute atomic E-state index is 12.1. The van der Waals surface area contributed by atoms with Crippen LogP contribution in [0.2, 0.25) is 0 Å². The summed E-state index contributed by atoms with van der Waals surface area (Å²) in [6.45, 7) is 0. The molecule has 2 aromatic rings. The summed E-state index contributed by atoms with van der Waals surface area (Å²) in [6.07, 6.45) is 1.23. The summed E-state index contributed by atoms with van der Waals surface area (Å²) in [4.78, 5) is 12.0. The zero-order valence-electron chi connectivity index (χ0n) is 12.7. The molecule has 5 N–H and O–H groups in total. The number of primary sulfonamides is 1. The molecule has 0 aromatic heterocycles. The number of nitriles is 1. The number of sulfonamides is 1. The van der Waals surface area contributed by atoms with Crippen LogP contribution in [0.15, 0.2) is 52.9 Å². The van der Waals surface area contributed by atoms with Crippen LogP contribution in [0.1, 0.15) is 5.56 Å². The highest BCUT2D eigenvalue weighted by Crippen LogP contribution is 2.26. The van der Waals surface area contributed by atoms with E-state index in [1.807, 2.05) is 0 Å². The van der Waals surface area contributed by atoms with Gasteiger partial charge in [-0.05, 0) is 48.0 Å². The van der Waals surface area contributed by atoms with E-state index >= 15 is 0 Å². The Morgan fingerprint density at radius 3 is 2.28 bits per heavy atom. The van der Waals surface area contributed by atoms with Crippen LogP contribution in [0.25, 0.3) is 6.08 Å². The Hall–Kier alpha value is -3.35. The van der Waals surface area contributed by atoms with Crippen molar-refractivity contribution in [3.8, 4) is 17.6 Å². The van der Waals surface area contributed by atoms with Crippen molar-refractivity contribution in [2.75, 3.05) is 5.32 Å². The number of nitrogens with two attached hydrogens (primary N) is 1. The molecule has 0 heterocycles. The van der Waals surface area contributed by atoms with Gasteiger partial charge in [0.2, 0.25) is 10.0 Å². The summed E-state index contributed by atoms with van der Waals surface area (Å²) in [5.41, 5.74) is 0.360. The molecular formula is C16H13N3O5S. The first kappa shape index (κ1) is 18.0. The van der Waals surface area contributed by atoms with E-state index in [9.17, 15) is 23.4 Å². The van der Waals surface area contributed by atoms with Gasteiger partial charge in [-0.25, -0.2) is 13.6 Å². The van der Waals surface area contributed by atoms with Crippen LogP contribution < -0.4 is 10.5 Å². The molecule has 1 amide bonds. The fourth-order valence-corrected chi connectivity index (χ4v) is 2.39. The second kappa shape index (κ2) is 7.04. The number of carbonyl (C=O) groups excluding carboxylic acids is 1. The molecule has 128 valence electrons. The molecule has 0 atom stereocenters. The number of anilines is 1. The Bertz CT molecular complexity index is 989. The minimum Gasteiger partial charge on any atom is -0.504 e. The lowest BCUT2D eigenvalue weighted by molar-refractivity contribution is -0.112. The zero-order chi connectivity index (χ0) is 18.6. The van der Waals surface area contributed by atoms with Crippen LogP contribution in [-0.2, 0) is 14.8 Å². The maximum Gasteiger partial charge on any atom is 0.266 e. The molecule has 0 fully saturated rings. The summed E-state index contributed by atoms with van der Waals surface area (Å²) in [7, 11) is -3.84. The molecule has 0 spiro atoms. The van der Waals surface area contributed by atoms with Gasteiger partial charge in [0.05, 0.1) is 4.90 Å². The Morgan fingerprint density at radius 1 is 1.12 bits per heavy atom. The Balaban J connectivity index is 2.21. The molecule has 0 bridgehead atoms. The van der Waals surface area contributed by atoms with Crippen molar-refractivity contribution in [2.45, 2.75) is 4.90 Å². The fourth-order valence-electron chi connectivity index (χ4n) is 1.87. The second-order valence-electron chi connectivity index (χ2n) is 4.94. The number of phenols is 2. The second-order valence-corrected chi connectivity index (χ2v) is 6.50. The third-order valence-electron chi connectivity index (χ3n) is 3.12. The van der Waals surface area contributed by atoms with Gasteiger partial charge in [0, 0.05) is 5.69 Å². The Morgan fingerprint density at radius 2 is 1.76 bits per heavy atom. The number of amides is 1. The normalized spacial score (nSPS) is 11.6. The first-order valence-corrected chi connectivity index (χ1v) is 8.33. The number of carbonyl (C=O) groups is 1. The fraction of sp³-hybridized carbons (Fsp3) is 0. The van der Waals surface area contributed by atoms with Crippen LogP contribution in [0, 0.1) is 11.3 Å². The molecule has 8 nitrogen and oxygen atoms in total. The minimum atomic E-state index is -3.84. The van der Waals surface area contributed by atoms with Gasteiger partial charge in [0.25, 0.3) is 5.91 Å². The highest BCUT2D eigenvalue weighted by atomic mass is 32.2. The summed E-state index contributed by atoms with van der Waals surface area (Å²) in [6, 6.07) is 10.7. The van der Waals surface area contributed by atoms with Gasteiger partial charge in [-0.1, -0.05) is 6.07 Å². The minimum absolute atomic E-state index is 0.110. The summed E-state index contributed by atoms with van der Waals surface area (Å²) >= 11 is 0. The maximum atomic E-state index is 12.1. The largest absolute Gasteiger partial charge is 0.504 e. The van der Waals surface area contributed by atoms with E-state index in [4.69, 9.17) is 10.4 Å². The quantitative estimate of drug-likeness (QED) is 0.366. The Kier molecular flexibility index (Phi) is 5.07. The predicted molar refractivity (Wildman–Crippen MR) is 89.8 cm³/mol. The molecule has 2 aromatic carbocycles. The van der Waals surface area contributed by atoms with Gasteiger partial charge in [0.1, 0.15) is 11.6 Å². The molecule has 0 saturated heterocycles. The number of phenolic OH excluding ortho intramolecular Hbond substituents is 2. The van der Waals surface area contributed by atoms with E-state index in [0.29, 0.717) is 5.56 Å². The molecule has 9 heteroatoms. The third-order valence-corrected chi connectivity index (χ3v) is 4.05. The molecule has 0 unspecified atom stereocenters. The van der Waals surface area contributed by atoms with Crippen molar-refractivity contribution in [3.05, 3.63) is 53.6 Å². The number of nitrogens with one attached hydrogen (secondary N) is 1. The van der Waals surface area contributed by atoms with Crippen molar-refractivity contribution in [2.24, 2.45) is 5.14 Å². The average molecular weight is 359 g/mol. The highest BCUT2D eigenvalue weighted by Gasteiger charge is 2.12. The first-order chi connectivity index (χ1) is 11.7. The summed E-state index contributed by atoms with van der Waals surface area (Å²) < 4.78 is 22.4. The molecule has 0 saturated carbocycles. The standard InChI is InChI=1S/C16H13N3O5S/c17-9-11(7-10-1-6-14(20)15(21)8-10)16(22)19-12-2-4-13(5-3-12)25(18,23)24/h1-8,20-21H,(H,19,22)(H2,18,23,24)/b11-7+. The van der Waals surface area contributed by atoms with Crippen molar-refractivity contribution < 1.29 is 23.4 Å². The third kappa shape index (κ3) is 4.57. The van der Waals surface area contributed by atoms with Crippen LogP contribution in [0.5, 0.6) is 11.5 Å². The van der Waals surface area contributed by atoms with Crippen LogP contribution in [-0.4, -0.2) is 24.5 Å². The number of benzene rings is 2. The number of rotatable bonds is 4. The van der Waals surface area contributed by atoms with Gasteiger partial charge in [-0.15, -0.1) is 0 Å². The van der Waals surface area contributed by atoms with Crippen molar-refractivity contribution >= 4 is 27.7 Å². The van der Waals surface area contributed by atoms with E-state index < -0.39 is 15.9 Å². The lowest BCUT2D eigenvalue weighted by atomic mass is 10.1. The zero-order valence-corrected chi connectivity index (χ0v) is 13.5. The van der Waals surface area contributed by atoms with Gasteiger partial charge in [0.15, 0.2) is 11.5 Å². The van der Waals surface area contributed by atoms with E-state index in [2.05, 4.69) is 5.32 Å². The topological polar surface area (TPSA) is 154 Å². The lowest BCUT2D eigenvalue weighted by Gasteiger charge is -2.05. The Labute approximate surface area is 143 Å². The molecule has 0 radical (unpaired) electrons. The smallest absolute Gasteiger partial charge is 0.266 e. The van der Waals surface area contributed by atoms with E-state index in [1.165, 1.54) is 48.5 Å². The van der Waals surface area contributed by atoms with E-state index in [-0.39, 0.29) is 27.7 Å². The average Bonchev–Trinajstić information content (AvgIpc) is 2.55. The highest BCUT2D eigenvalue weighted by molar-refractivity contribution is 7.89. The van der Waals surface area contributed by atoms with Gasteiger partial charge in [-0.3, -0.25) is 4.79 Å². The number of aromatic hydroxyl groups is 2. The molecule has 0 aliphatic rings. The van der Waals surface area contributed by atoms with Crippen LogP contribution in [0.3, 0.4) is 0 Å². The first-order valence-electron chi connectivity index (χ1n) is 6.78. The lowest BCUT2D eigenvalue weighted by Crippen LogP contribution is -2.14. The van der Waals surface area contributed by atoms with Crippen LogP contribution in [0.4, 0.5) is 5.69 Å². The summed E-state index contributed by atoms with van der Waals surface area (Å²) in [5.74, 6) is -1.43. The molecular weight excluding hydrogens is 346 g/mol. The molecule has 2 rings (SSSR count). The van der Waals surface area contributed by atoms with E-state index in [0.717, 1.165) is 0 Å². The van der Waals surface area contributed by atoms with Gasteiger partial charge >= 0.3 is 0 Å². The van der Waals surface area contributed by atoms with E-state index in [1.54, 1.807) is 6.07 Å². The van der Waals surface area contributed by atoms with Crippen molar-refractivity contribution in [3.63, 3.8) is 0 Å². The van der Waals surface area contributed by atoms with Gasteiger partial charge < -0.3 is 15.5 Å². The molecule has 0 aliphatic heterocycles. The predicted octanol–water partition coefficient (Wildman–Crippen LogP) is 1.29. The SMILES string of the molecule is N#C/C(=C\c1ccc(O)c(O)c1)C(=O)Nc1ccc(S(N)(=O)=O)cc1. The van der Waals surface area contributed by atoms with Gasteiger partial charge in [-0.2, -0.15) is 5.26 Å². The van der Waals surface area contributed by atoms with Crippen LogP contribution >= 0.6 is 0 Å². The molecule has 0 aliphatic carbocycles. The van der Waals surface area contributed by atoms with Crippen molar-refractivity contribution in [1.82, 2.24) is 0 Å². The number of hydrogen-bond donors (Lipinski definition) is 4. The summed E-state index contributed by atoms with van der Waals surface area (Å²) in [5, 5.41) is 35.2. The van der Waals surface area contributed by atoms with Crippen molar-refractivity contribution in [1.29, 1.82) is 5.26 Å². The number of hydrogen-bond acceptors (Lipinski definition) is 6.